The van der Waals surface area contributed by atoms with Crippen LogP contribution < -0.4 is 5.32 Å². The highest BCUT2D eigenvalue weighted by atomic mass is 35.5. The van der Waals surface area contributed by atoms with E-state index in [4.69, 9.17) is 11.6 Å². The molecule has 0 unspecified atom stereocenters. The highest BCUT2D eigenvalue weighted by Gasteiger charge is 2.31. The van der Waals surface area contributed by atoms with Crippen molar-refractivity contribution in [2.45, 2.75) is 25.9 Å². The fraction of sp³-hybridized carbons (Fsp3) is 0.385. The zero-order valence-corrected chi connectivity index (χ0v) is 12.0. The fourth-order valence-corrected chi connectivity index (χ4v) is 2.08. The van der Waals surface area contributed by atoms with E-state index in [0.29, 0.717) is 6.54 Å². The first-order valence-electron chi connectivity index (χ1n) is 6.34. The van der Waals surface area contributed by atoms with Gasteiger partial charge in [0.15, 0.2) is 0 Å². The first-order valence-corrected chi connectivity index (χ1v) is 6.71. The van der Waals surface area contributed by atoms with Gasteiger partial charge in [0.1, 0.15) is 11.0 Å². The normalized spacial score (nSPS) is 11.7. The van der Waals surface area contributed by atoms with Crippen molar-refractivity contribution >= 4 is 17.4 Å². The Morgan fingerprint density at radius 3 is 2.71 bits per heavy atom. The van der Waals surface area contributed by atoms with Gasteiger partial charge in [-0.3, -0.25) is 5.10 Å². The molecule has 0 atom stereocenters. The smallest absolute Gasteiger partial charge is 0.370 e. The molecule has 0 spiro atoms. The highest BCUT2D eigenvalue weighted by Crippen LogP contribution is 2.31. The van der Waals surface area contributed by atoms with Gasteiger partial charge in [0.2, 0.25) is 0 Å². The Kier molecular flexibility index (Phi) is 4.72. The number of halogens is 4. The molecule has 2 aromatic rings. The third kappa shape index (κ3) is 4.35. The molecule has 0 aromatic carbocycles. The minimum Gasteiger partial charge on any atom is -0.370 e. The number of aromatic amines is 1. The number of alkyl halides is 3. The average molecular weight is 319 g/mol. The van der Waals surface area contributed by atoms with Crippen LogP contribution >= 0.6 is 11.6 Å². The number of aromatic nitrogens is 3. The lowest BCUT2D eigenvalue weighted by Crippen LogP contribution is -2.09. The maximum absolute atomic E-state index is 12.6. The number of anilines is 1. The Hall–Kier alpha value is -1.76. The van der Waals surface area contributed by atoms with Crippen molar-refractivity contribution in [2.75, 3.05) is 11.9 Å². The van der Waals surface area contributed by atoms with E-state index in [1.165, 1.54) is 0 Å². The quantitative estimate of drug-likeness (QED) is 0.650. The van der Waals surface area contributed by atoms with Crippen LogP contribution in [0, 0.1) is 6.92 Å². The molecular weight excluding hydrogens is 305 g/mol. The van der Waals surface area contributed by atoms with Crippen LogP contribution in [0.5, 0.6) is 0 Å². The van der Waals surface area contributed by atoms with E-state index in [1.54, 1.807) is 6.20 Å². The summed E-state index contributed by atoms with van der Waals surface area (Å²) in [6.07, 6.45) is -1.16. The van der Waals surface area contributed by atoms with Crippen LogP contribution in [0.3, 0.4) is 0 Å². The summed E-state index contributed by atoms with van der Waals surface area (Å²) in [5.74, 6) is 0.124. The summed E-state index contributed by atoms with van der Waals surface area (Å²) < 4.78 is 37.9. The first-order chi connectivity index (χ1) is 9.86. The van der Waals surface area contributed by atoms with E-state index >= 15 is 0 Å². The van der Waals surface area contributed by atoms with Crippen LogP contribution in [0.1, 0.15) is 23.2 Å². The zero-order valence-electron chi connectivity index (χ0n) is 11.3. The van der Waals surface area contributed by atoms with Gasteiger partial charge < -0.3 is 5.32 Å². The van der Waals surface area contributed by atoms with Crippen molar-refractivity contribution in [1.82, 2.24) is 15.2 Å². The van der Waals surface area contributed by atoms with E-state index in [9.17, 15) is 13.2 Å². The molecule has 0 radical (unpaired) electrons. The Morgan fingerprint density at radius 2 is 2.10 bits per heavy atom. The molecule has 114 valence electrons. The SMILES string of the molecule is Cc1[nH]ncc1CCCNc1cc(C(F)(F)F)cc(Cl)n1. The molecule has 0 amide bonds. The number of nitrogens with zero attached hydrogens (tertiary/aromatic N) is 2. The van der Waals surface area contributed by atoms with Gasteiger partial charge >= 0.3 is 6.18 Å². The average Bonchev–Trinajstić information content (AvgIpc) is 2.79. The number of aryl methyl sites for hydroxylation is 2. The second kappa shape index (κ2) is 6.34. The van der Waals surface area contributed by atoms with Crippen LogP contribution in [0.4, 0.5) is 19.0 Å². The van der Waals surface area contributed by atoms with Crippen molar-refractivity contribution in [3.63, 3.8) is 0 Å². The van der Waals surface area contributed by atoms with E-state index in [-0.39, 0.29) is 11.0 Å². The van der Waals surface area contributed by atoms with E-state index < -0.39 is 11.7 Å². The topological polar surface area (TPSA) is 53.6 Å². The molecule has 0 aliphatic carbocycles. The van der Waals surface area contributed by atoms with E-state index in [2.05, 4.69) is 20.5 Å². The van der Waals surface area contributed by atoms with Crippen molar-refractivity contribution < 1.29 is 13.2 Å². The van der Waals surface area contributed by atoms with Crippen molar-refractivity contribution in [3.05, 3.63) is 40.3 Å². The lowest BCUT2D eigenvalue weighted by Gasteiger charge is -2.10. The predicted molar refractivity (Wildman–Crippen MR) is 74.4 cm³/mol. The summed E-state index contributed by atoms with van der Waals surface area (Å²) in [7, 11) is 0. The lowest BCUT2D eigenvalue weighted by atomic mass is 10.1. The molecule has 0 saturated carbocycles. The summed E-state index contributed by atoms with van der Waals surface area (Å²) in [6, 6.07) is 1.76. The van der Waals surface area contributed by atoms with Crippen molar-refractivity contribution in [3.8, 4) is 0 Å². The highest BCUT2D eigenvalue weighted by molar-refractivity contribution is 6.29. The second-order valence-corrected chi connectivity index (χ2v) is 5.00. The molecule has 2 N–H and O–H groups in total. The van der Waals surface area contributed by atoms with Gasteiger partial charge in [0, 0.05) is 12.2 Å². The van der Waals surface area contributed by atoms with Gasteiger partial charge in [-0.25, -0.2) is 4.98 Å². The van der Waals surface area contributed by atoms with Crippen LogP contribution in [0.15, 0.2) is 18.3 Å². The van der Waals surface area contributed by atoms with Crippen LogP contribution in [-0.4, -0.2) is 21.7 Å². The van der Waals surface area contributed by atoms with Gasteiger partial charge in [-0.15, -0.1) is 0 Å². The minimum atomic E-state index is -4.43. The summed E-state index contributed by atoms with van der Waals surface area (Å²) in [6.45, 7) is 2.42. The molecule has 0 bridgehead atoms. The number of H-pyrrole nitrogens is 1. The fourth-order valence-electron chi connectivity index (χ4n) is 1.87. The molecular formula is C13H14ClF3N4. The number of nitrogens with one attached hydrogen (secondary N) is 2. The van der Waals surface area contributed by atoms with E-state index in [0.717, 1.165) is 36.2 Å². The Bertz CT molecular complexity index is 610. The Balaban J connectivity index is 1.91. The number of hydrogen-bond donors (Lipinski definition) is 2. The molecule has 2 heterocycles. The maximum Gasteiger partial charge on any atom is 0.416 e. The second-order valence-electron chi connectivity index (χ2n) is 4.61. The van der Waals surface area contributed by atoms with Crippen LogP contribution in [0.2, 0.25) is 5.15 Å². The molecule has 0 aliphatic rings. The van der Waals surface area contributed by atoms with Crippen LogP contribution in [0.25, 0.3) is 0 Å². The third-order valence-corrected chi connectivity index (χ3v) is 3.18. The van der Waals surface area contributed by atoms with E-state index in [1.807, 2.05) is 6.92 Å². The summed E-state index contributed by atoms with van der Waals surface area (Å²) in [5.41, 5.74) is 1.28. The van der Waals surface area contributed by atoms with Gasteiger partial charge in [-0.2, -0.15) is 18.3 Å². The number of pyridine rings is 1. The summed E-state index contributed by atoms with van der Waals surface area (Å²) >= 11 is 5.61. The molecule has 2 rings (SSSR count). The summed E-state index contributed by atoms with van der Waals surface area (Å²) in [4.78, 5) is 3.84. The molecule has 21 heavy (non-hydrogen) atoms. The minimum absolute atomic E-state index is 0.124. The van der Waals surface area contributed by atoms with Crippen molar-refractivity contribution in [2.24, 2.45) is 0 Å². The molecule has 2 aromatic heterocycles. The molecule has 0 fully saturated rings. The largest absolute Gasteiger partial charge is 0.416 e. The lowest BCUT2D eigenvalue weighted by molar-refractivity contribution is -0.137. The monoisotopic (exact) mass is 318 g/mol. The predicted octanol–water partition coefficient (Wildman–Crippen LogP) is 3.83. The molecule has 0 saturated heterocycles. The number of rotatable bonds is 5. The standard InChI is InChI=1S/C13H14ClF3N4/c1-8-9(7-19-21-8)3-2-4-18-12-6-10(13(15,16)17)5-11(14)20-12/h5-7H,2-4H2,1H3,(H,18,20)(H,19,21). The third-order valence-electron chi connectivity index (χ3n) is 2.98. The Morgan fingerprint density at radius 1 is 1.33 bits per heavy atom. The van der Waals surface area contributed by atoms with Crippen molar-refractivity contribution in [1.29, 1.82) is 0 Å². The molecule has 0 aliphatic heterocycles. The molecule has 4 nitrogen and oxygen atoms in total. The van der Waals surface area contributed by atoms with Gasteiger partial charge in [0.05, 0.1) is 11.8 Å². The van der Waals surface area contributed by atoms with Crippen LogP contribution in [-0.2, 0) is 12.6 Å². The summed E-state index contributed by atoms with van der Waals surface area (Å²) in [5, 5.41) is 9.41. The maximum atomic E-state index is 12.6. The van der Waals surface area contributed by atoms with Gasteiger partial charge in [0.25, 0.3) is 0 Å². The van der Waals surface area contributed by atoms with Gasteiger partial charge in [-0.05, 0) is 37.5 Å². The van der Waals surface area contributed by atoms with Gasteiger partial charge in [-0.1, -0.05) is 11.6 Å². The number of hydrogen-bond acceptors (Lipinski definition) is 3. The Labute approximate surface area is 124 Å². The zero-order chi connectivity index (χ0) is 15.5. The first kappa shape index (κ1) is 15.6. The molecule has 8 heteroatoms.